The highest BCUT2D eigenvalue weighted by Crippen LogP contribution is 2.24. The summed E-state index contributed by atoms with van der Waals surface area (Å²) in [7, 11) is 0. The van der Waals surface area contributed by atoms with Crippen molar-refractivity contribution < 1.29 is 13.5 Å². The Labute approximate surface area is 122 Å². The first-order valence-corrected chi connectivity index (χ1v) is 7.10. The van der Waals surface area contributed by atoms with Gasteiger partial charge >= 0.3 is 0 Å². The second kappa shape index (κ2) is 6.22. The van der Waals surface area contributed by atoms with E-state index in [1.54, 1.807) is 18.2 Å². The highest BCUT2D eigenvalue weighted by molar-refractivity contribution is 5.34. The van der Waals surface area contributed by atoms with Gasteiger partial charge in [-0.3, -0.25) is 0 Å². The molecule has 0 aromatic heterocycles. The highest BCUT2D eigenvalue weighted by atomic mass is 19.1. The second-order valence-electron chi connectivity index (χ2n) is 5.33. The van der Waals surface area contributed by atoms with Crippen LogP contribution in [0.25, 0.3) is 0 Å². The highest BCUT2D eigenvalue weighted by Gasteiger charge is 2.20. The molecule has 4 heteroatoms. The molecule has 1 N–H and O–H groups in total. The first kappa shape index (κ1) is 14.0. The average molecular weight is 289 g/mol. The summed E-state index contributed by atoms with van der Waals surface area (Å²) < 4.78 is 32.2. The van der Waals surface area contributed by atoms with E-state index in [9.17, 15) is 8.78 Å². The lowest BCUT2D eigenvalue weighted by molar-refractivity contribution is 0.301. The summed E-state index contributed by atoms with van der Waals surface area (Å²) in [5.74, 6) is 0.0698. The lowest BCUT2D eigenvalue weighted by Crippen LogP contribution is -2.16. The van der Waals surface area contributed by atoms with Gasteiger partial charge in [0.05, 0.1) is 0 Å². The summed E-state index contributed by atoms with van der Waals surface area (Å²) in [4.78, 5) is 0. The number of ether oxygens (including phenoxy) is 1. The van der Waals surface area contributed by atoms with Gasteiger partial charge in [-0.15, -0.1) is 0 Å². The smallest absolute Gasteiger partial charge is 0.124 e. The summed E-state index contributed by atoms with van der Waals surface area (Å²) in [5, 5.41) is 3.34. The maximum Gasteiger partial charge on any atom is 0.124 e. The molecule has 2 nitrogen and oxygen atoms in total. The fourth-order valence-corrected chi connectivity index (χ4v) is 2.16. The molecule has 1 aliphatic rings. The quantitative estimate of drug-likeness (QED) is 0.873. The lowest BCUT2D eigenvalue weighted by atomic mass is 10.2. The normalized spacial score (nSPS) is 14.2. The van der Waals surface area contributed by atoms with Crippen molar-refractivity contribution in [2.24, 2.45) is 0 Å². The van der Waals surface area contributed by atoms with E-state index in [0.29, 0.717) is 18.3 Å². The number of hydrogen-bond acceptors (Lipinski definition) is 2. The van der Waals surface area contributed by atoms with Crippen molar-refractivity contribution in [2.75, 3.05) is 0 Å². The van der Waals surface area contributed by atoms with E-state index in [0.717, 1.165) is 11.1 Å². The van der Waals surface area contributed by atoms with Crippen LogP contribution >= 0.6 is 0 Å². The molecule has 0 amide bonds. The Balaban J connectivity index is 1.68. The Morgan fingerprint density at radius 1 is 1.05 bits per heavy atom. The molecule has 0 atom stereocenters. The number of rotatable bonds is 6. The van der Waals surface area contributed by atoms with Gasteiger partial charge in [0.25, 0.3) is 0 Å². The third-order valence-corrected chi connectivity index (χ3v) is 3.46. The molecule has 1 fully saturated rings. The van der Waals surface area contributed by atoms with Crippen LogP contribution in [0, 0.1) is 11.6 Å². The van der Waals surface area contributed by atoms with Crippen LogP contribution in [0.2, 0.25) is 0 Å². The summed E-state index contributed by atoms with van der Waals surface area (Å²) >= 11 is 0. The van der Waals surface area contributed by atoms with Gasteiger partial charge in [0, 0.05) is 18.2 Å². The van der Waals surface area contributed by atoms with Crippen LogP contribution in [0.1, 0.15) is 24.0 Å². The van der Waals surface area contributed by atoms with Crippen molar-refractivity contribution in [2.45, 2.75) is 32.0 Å². The van der Waals surface area contributed by atoms with Crippen LogP contribution in [0.5, 0.6) is 5.75 Å². The number of hydrogen-bond donors (Lipinski definition) is 1. The standard InChI is InChI=1S/C17H17F2NO/c18-14-3-1-2-12(8-14)11-21-17-7-4-15(19)9-13(17)10-20-16-5-6-16/h1-4,7-9,16,20H,5-6,10-11H2. The van der Waals surface area contributed by atoms with E-state index in [1.165, 1.54) is 37.1 Å². The monoisotopic (exact) mass is 289 g/mol. The minimum absolute atomic E-state index is 0.264. The average Bonchev–Trinajstić information content (AvgIpc) is 3.28. The molecule has 1 aliphatic carbocycles. The molecule has 3 rings (SSSR count). The second-order valence-corrected chi connectivity index (χ2v) is 5.33. The molecule has 2 aromatic carbocycles. The van der Waals surface area contributed by atoms with E-state index in [4.69, 9.17) is 4.74 Å². The van der Waals surface area contributed by atoms with Crippen molar-refractivity contribution in [1.82, 2.24) is 5.32 Å². The topological polar surface area (TPSA) is 21.3 Å². The fourth-order valence-electron chi connectivity index (χ4n) is 2.16. The maximum atomic E-state index is 13.4. The van der Waals surface area contributed by atoms with Gasteiger partial charge in [-0.2, -0.15) is 0 Å². The SMILES string of the molecule is Fc1cccc(COc2ccc(F)cc2CNC2CC2)c1. The third kappa shape index (κ3) is 4.02. The van der Waals surface area contributed by atoms with Crippen LogP contribution in [0.3, 0.4) is 0 Å². The zero-order chi connectivity index (χ0) is 14.7. The minimum atomic E-state index is -0.286. The molecule has 0 saturated heterocycles. The molecule has 0 bridgehead atoms. The van der Waals surface area contributed by atoms with E-state index in [2.05, 4.69) is 5.32 Å². The summed E-state index contributed by atoms with van der Waals surface area (Å²) in [6, 6.07) is 11.3. The van der Waals surface area contributed by atoms with Crippen molar-refractivity contribution in [3.8, 4) is 5.75 Å². The largest absolute Gasteiger partial charge is 0.489 e. The molecule has 0 aliphatic heterocycles. The lowest BCUT2D eigenvalue weighted by Gasteiger charge is -2.12. The Morgan fingerprint density at radius 3 is 2.62 bits per heavy atom. The van der Waals surface area contributed by atoms with E-state index in [-0.39, 0.29) is 18.2 Å². The van der Waals surface area contributed by atoms with E-state index >= 15 is 0 Å². The fraction of sp³-hybridized carbons (Fsp3) is 0.294. The predicted molar refractivity (Wildman–Crippen MR) is 77.0 cm³/mol. The van der Waals surface area contributed by atoms with Gasteiger partial charge in [-0.25, -0.2) is 8.78 Å². The molecule has 0 spiro atoms. The molecule has 1 saturated carbocycles. The van der Waals surface area contributed by atoms with Gasteiger partial charge in [0.1, 0.15) is 24.0 Å². The van der Waals surface area contributed by atoms with Gasteiger partial charge in [-0.1, -0.05) is 12.1 Å². The zero-order valence-electron chi connectivity index (χ0n) is 11.6. The molecule has 21 heavy (non-hydrogen) atoms. The molecular formula is C17H17F2NO. The molecular weight excluding hydrogens is 272 g/mol. The number of halogens is 2. The van der Waals surface area contributed by atoms with Crippen LogP contribution < -0.4 is 10.1 Å². The zero-order valence-corrected chi connectivity index (χ0v) is 11.6. The Hall–Kier alpha value is -1.94. The minimum Gasteiger partial charge on any atom is -0.489 e. The number of benzene rings is 2. The third-order valence-electron chi connectivity index (χ3n) is 3.46. The molecule has 0 radical (unpaired) electrons. The first-order chi connectivity index (χ1) is 10.2. The summed E-state index contributed by atoms with van der Waals surface area (Å²) in [6.45, 7) is 0.848. The van der Waals surface area contributed by atoms with Crippen LogP contribution in [-0.4, -0.2) is 6.04 Å². The van der Waals surface area contributed by atoms with Crippen molar-refractivity contribution in [3.05, 3.63) is 65.2 Å². The first-order valence-electron chi connectivity index (χ1n) is 7.10. The summed E-state index contributed by atoms with van der Waals surface area (Å²) in [5.41, 5.74) is 1.54. The molecule has 0 unspecified atom stereocenters. The Morgan fingerprint density at radius 2 is 1.86 bits per heavy atom. The number of nitrogens with one attached hydrogen (secondary N) is 1. The van der Waals surface area contributed by atoms with Gasteiger partial charge in [0.2, 0.25) is 0 Å². The van der Waals surface area contributed by atoms with Gasteiger partial charge in [0.15, 0.2) is 0 Å². The van der Waals surface area contributed by atoms with Crippen LogP contribution in [0.4, 0.5) is 8.78 Å². The van der Waals surface area contributed by atoms with Crippen LogP contribution in [0.15, 0.2) is 42.5 Å². The van der Waals surface area contributed by atoms with E-state index < -0.39 is 0 Å². The molecule has 110 valence electrons. The predicted octanol–water partition coefficient (Wildman–Crippen LogP) is 3.80. The Bertz CT molecular complexity index is 626. The maximum absolute atomic E-state index is 13.4. The van der Waals surface area contributed by atoms with Crippen molar-refractivity contribution in [3.63, 3.8) is 0 Å². The van der Waals surface area contributed by atoms with Gasteiger partial charge < -0.3 is 10.1 Å². The summed E-state index contributed by atoms with van der Waals surface area (Å²) in [6.07, 6.45) is 2.35. The van der Waals surface area contributed by atoms with Crippen molar-refractivity contribution in [1.29, 1.82) is 0 Å². The van der Waals surface area contributed by atoms with E-state index in [1.807, 2.05) is 0 Å². The molecule has 0 heterocycles. The Kier molecular flexibility index (Phi) is 4.15. The van der Waals surface area contributed by atoms with Crippen molar-refractivity contribution >= 4 is 0 Å². The van der Waals surface area contributed by atoms with Crippen LogP contribution in [-0.2, 0) is 13.2 Å². The molecule has 2 aromatic rings. The van der Waals surface area contributed by atoms with Gasteiger partial charge in [-0.05, 0) is 48.7 Å².